The molecule has 0 aliphatic rings. The van der Waals surface area contributed by atoms with Gasteiger partial charge in [0.2, 0.25) is 5.91 Å². The second-order valence-corrected chi connectivity index (χ2v) is 4.45. The third-order valence-corrected chi connectivity index (χ3v) is 2.88. The Morgan fingerprint density at radius 3 is 2.94 bits per heavy atom. The Morgan fingerprint density at radius 1 is 1.56 bits per heavy atom. The summed E-state index contributed by atoms with van der Waals surface area (Å²) in [4.78, 5) is 11.0. The molecular weight excluding hydrogens is 290 g/mol. The average molecular weight is 304 g/mol. The molecule has 0 radical (unpaired) electrons. The first-order valence-corrected chi connectivity index (χ1v) is 6.30. The first-order chi connectivity index (χ1) is 7.67. The van der Waals surface area contributed by atoms with E-state index in [1.165, 1.54) is 0 Å². The van der Waals surface area contributed by atoms with Crippen LogP contribution in [-0.2, 0) is 11.2 Å². The standard InChI is InChI=1S/C11H14BrNO2S/c1-15-10-3-2-9(12)6-8(10)4-5-13-11(14)7-16/h2-3,6,16H,4-5,7H2,1H3,(H,13,14). The number of ether oxygens (including phenoxy) is 1. The van der Waals surface area contributed by atoms with E-state index in [1.807, 2.05) is 18.2 Å². The summed E-state index contributed by atoms with van der Waals surface area (Å²) in [6, 6.07) is 5.82. The van der Waals surface area contributed by atoms with Gasteiger partial charge in [-0.1, -0.05) is 15.9 Å². The zero-order valence-electron chi connectivity index (χ0n) is 9.00. The number of thiol groups is 1. The van der Waals surface area contributed by atoms with Crippen LogP contribution in [0.5, 0.6) is 5.75 Å². The van der Waals surface area contributed by atoms with Gasteiger partial charge in [0.15, 0.2) is 0 Å². The van der Waals surface area contributed by atoms with Crippen LogP contribution in [0.2, 0.25) is 0 Å². The molecule has 1 rings (SSSR count). The van der Waals surface area contributed by atoms with Crippen molar-refractivity contribution in [2.75, 3.05) is 19.4 Å². The van der Waals surface area contributed by atoms with Crippen molar-refractivity contribution < 1.29 is 9.53 Å². The van der Waals surface area contributed by atoms with E-state index in [1.54, 1.807) is 7.11 Å². The predicted molar refractivity (Wildman–Crippen MR) is 71.3 cm³/mol. The van der Waals surface area contributed by atoms with E-state index < -0.39 is 0 Å². The molecule has 0 aliphatic carbocycles. The van der Waals surface area contributed by atoms with Crippen molar-refractivity contribution in [3.8, 4) is 5.75 Å². The van der Waals surface area contributed by atoms with Crippen molar-refractivity contribution in [2.24, 2.45) is 0 Å². The van der Waals surface area contributed by atoms with Gasteiger partial charge in [0.1, 0.15) is 5.75 Å². The van der Waals surface area contributed by atoms with E-state index in [4.69, 9.17) is 4.74 Å². The topological polar surface area (TPSA) is 38.3 Å². The zero-order chi connectivity index (χ0) is 12.0. The van der Waals surface area contributed by atoms with Gasteiger partial charge in [0.25, 0.3) is 0 Å². The molecule has 0 atom stereocenters. The van der Waals surface area contributed by atoms with Crippen molar-refractivity contribution in [1.82, 2.24) is 5.32 Å². The van der Waals surface area contributed by atoms with Crippen LogP contribution in [-0.4, -0.2) is 25.3 Å². The molecule has 1 amide bonds. The fourth-order valence-electron chi connectivity index (χ4n) is 1.34. The Labute approximate surface area is 109 Å². The van der Waals surface area contributed by atoms with Crippen molar-refractivity contribution in [2.45, 2.75) is 6.42 Å². The number of amides is 1. The third kappa shape index (κ3) is 4.06. The van der Waals surface area contributed by atoms with Gasteiger partial charge in [0.05, 0.1) is 12.9 Å². The highest BCUT2D eigenvalue weighted by Gasteiger charge is 2.04. The number of methoxy groups -OCH3 is 1. The van der Waals surface area contributed by atoms with Crippen LogP contribution in [0.15, 0.2) is 22.7 Å². The quantitative estimate of drug-likeness (QED) is 0.817. The number of nitrogens with one attached hydrogen (secondary N) is 1. The maximum absolute atomic E-state index is 11.0. The zero-order valence-corrected chi connectivity index (χ0v) is 11.5. The number of hydrogen-bond donors (Lipinski definition) is 2. The molecule has 16 heavy (non-hydrogen) atoms. The van der Waals surface area contributed by atoms with Crippen LogP contribution in [0.1, 0.15) is 5.56 Å². The summed E-state index contributed by atoms with van der Waals surface area (Å²) in [5.74, 6) is 0.996. The molecule has 0 aromatic heterocycles. The average Bonchev–Trinajstić information content (AvgIpc) is 2.29. The van der Waals surface area contributed by atoms with E-state index in [-0.39, 0.29) is 11.7 Å². The number of carbonyl (C=O) groups excluding carboxylic acids is 1. The molecule has 0 heterocycles. The Hall–Kier alpha value is -0.680. The second-order valence-electron chi connectivity index (χ2n) is 3.21. The van der Waals surface area contributed by atoms with Crippen LogP contribution in [0.25, 0.3) is 0 Å². The molecule has 1 aromatic carbocycles. The summed E-state index contributed by atoms with van der Waals surface area (Å²) < 4.78 is 6.24. The molecule has 0 bridgehead atoms. The van der Waals surface area contributed by atoms with Crippen LogP contribution in [0, 0.1) is 0 Å². The number of carbonyl (C=O) groups is 1. The van der Waals surface area contributed by atoms with Crippen LogP contribution in [0.3, 0.4) is 0 Å². The molecule has 0 fully saturated rings. The summed E-state index contributed by atoms with van der Waals surface area (Å²) in [7, 11) is 1.64. The summed E-state index contributed by atoms with van der Waals surface area (Å²) in [6.07, 6.45) is 0.738. The van der Waals surface area contributed by atoms with Gasteiger partial charge in [-0.2, -0.15) is 12.6 Å². The lowest BCUT2D eigenvalue weighted by atomic mass is 10.1. The molecule has 0 spiro atoms. The van der Waals surface area contributed by atoms with Crippen molar-refractivity contribution in [1.29, 1.82) is 0 Å². The molecule has 1 N–H and O–H groups in total. The monoisotopic (exact) mass is 303 g/mol. The third-order valence-electron chi connectivity index (χ3n) is 2.10. The molecule has 0 unspecified atom stereocenters. The van der Waals surface area contributed by atoms with Crippen LogP contribution in [0.4, 0.5) is 0 Å². The van der Waals surface area contributed by atoms with Gasteiger partial charge in [-0.15, -0.1) is 0 Å². The first-order valence-electron chi connectivity index (χ1n) is 4.87. The molecule has 1 aromatic rings. The highest BCUT2D eigenvalue weighted by Crippen LogP contribution is 2.22. The fraction of sp³-hybridized carbons (Fsp3) is 0.364. The normalized spacial score (nSPS) is 9.94. The number of rotatable bonds is 5. The van der Waals surface area contributed by atoms with Crippen LogP contribution >= 0.6 is 28.6 Å². The van der Waals surface area contributed by atoms with Crippen LogP contribution < -0.4 is 10.1 Å². The number of halogens is 1. The maximum Gasteiger partial charge on any atom is 0.229 e. The number of benzene rings is 1. The highest BCUT2D eigenvalue weighted by molar-refractivity contribution is 9.10. The molecular formula is C11H14BrNO2S. The minimum absolute atomic E-state index is 0.0581. The van der Waals surface area contributed by atoms with Crippen molar-refractivity contribution in [3.05, 3.63) is 28.2 Å². The van der Waals surface area contributed by atoms with E-state index >= 15 is 0 Å². The van der Waals surface area contributed by atoms with E-state index in [2.05, 4.69) is 33.9 Å². The Balaban J connectivity index is 2.58. The lowest BCUT2D eigenvalue weighted by Gasteiger charge is -2.09. The van der Waals surface area contributed by atoms with E-state index in [9.17, 15) is 4.79 Å². The highest BCUT2D eigenvalue weighted by atomic mass is 79.9. The first kappa shape index (κ1) is 13.4. The smallest absolute Gasteiger partial charge is 0.229 e. The molecule has 0 aliphatic heterocycles. The molecule has 0 saturated carbocycles. The van der Waals surface area contributed by atoms with Gasteiger partial charge in [-0.3, -0.25) is 4.79 Å². The fourth-order valence-corrected chi connectivity index (χ4v) is 1.86. The Kier molecular flexibility index (Phi) is 5.69. The van der Waals surface area contributed by atoms with Gasteiger partial charge in [0, 0.05) is 11.0 Å². The lowest BCUT2D eigenvalue weighted by molar-refractivity contribution is -0.118. The minimum Gasteiger partial charge on any atom is -0.496 e. The van der Waals surface area contributed by atoms with Gasteiger partial charge >= 0.3 is 0 Å². The lowest BCUT2D eigenvalue weighted by Crippen LogP contribution is -2.26. The summed E-state index contributed by atoms with van der Waals surface area (Å²) in [5, 5.41) is 2.77. The van der Waals surface area contributed by atoms with Gasteiger partial charge < -0.3 is 10.1 Å². The molecule has 5 heteroatoms. The van der Waals surface area contributed by atoms with Gasteiger partial charge in [-0.05, 0) is 30.2 Å². The Morgan fingerprint density at radius 2 is 2.31 bits per heavy atom. The molecule has 88 valence electrons. The second kappa shape index (κ2) is 6.81. The molecule has 3 nitrogen and oxygen atoms in total. The predicted octanol–water partition coefficient (Wildman–Crippen LogP) is 2.05. The molecule has 0 saturated heterocycles. The van der Waals surface area contributed by atoms with E-state index in [0.29, 0.717) is 6.54 Å². The largest absolute Gasteiger partial charge is 0.496 e. The maximum atomic E-state index is 11.0. The van der Waals surface area contributed by atoms with E-state index in [0.717, 1.165) is 22.2 Å². The Bertz CT molecular complexity index is 371. The van der Waals surface area contributed by atoms with Crippen molar-refractivity contribution >= 4 is 34.5 Å². The van der Waals surface area contributed by atoms with Gasteiger partial charge in [-0.25, -0.2) is 0 Å². The summed E-state index contributed by atoms with van der Waals surface area (Å²) >= 11 is 7.29. The number of hydrogen-bond acceptors (Lipinski definition) is 3. The minimum atomic E-state index is -0.0581. The SMILES string of the molecule is COc1ccc(Br)cc1CCNC(=O)CS. The van der Waals surface area contributed by atoms with Crippen molar-refractivity contribution in [3.63, 3.8) is 0 Å². The summed E-state index contributed by atoms with van der Waals surface area (Å²) in [5.41, 5.74) is 1.07. The summed E-state index contributed by atoms with van der Waals surface area (Å²) in [6.45, 7) is 0.589.